The van der Waals surface area contributed by atoms with Crippen LogP contribution in [0.4, 0.5) is 0 Å². The molecule has 3 aromatic rings. The van der Waals surface area contributed by atoms with Gasteiger partial charge in [0, 0.05) is 76.6 Å². The molecule has 0 radical (unpaired) electrons. The SMILES string of the molecule is COCCC1(C(=O)NCCc2nc(C)c3c(n2)CCC3)CNC(=O)CCCN(C(=O)C2Cc3ccccc3C2)CCCNC(=O)COc2ccc(cc2)C1. The number of carbonyl (C=O) groups is 4. The van der Waals surface area contributed by atoms with Crippen molar-refractivity contribution in [3.8, 4) is 5.75 Å². The van der Waals surface area contributed by atoms with Gasteiger partial charge in [0.25, 0.3) is 5.91 Å². The van der Waals surface area contributed by atoms with E-state index >= 15 is 0 Å². The number of nitrogens with one attached hydrogen (secondary N) is 3. The van der Waals surface area contributed by atoms with E-state index in [0.717, 1.165) is 42.0 Å². The average Bonchev–Trinajstić information content (AvgIpc) is 3.84. The first-order valence-corrected chi connectivity index (χ1v) is 19.5. The molecule has 2 aliphatic carbocycles. The Kier molecular flexibility index (Phi) is 13.3. The van der Waals surface area contributed by atoms with Gasteiger partial charge < -0.3 is 30.3 Å². The normalized spacial score (nSPS) is 20.0. The van der Waals surface area contributed by atoms with E-state index in [9.17, 15) is 19.2 Å². The predicted octanol–water partition coefficient (Wildman–Crippen LogP) is 3.24. The molecule has 2 aliphatic heterocycles. The highest BCUT2D eigenvalue weighted by Crippen LogP contribution is 2.30. The van der Waals surface area contributed by atoms with E-state index in [4.69, 9.17) is 19.4 Å². The Hall–Kier alpha value is -4.84. The van der Waals surface area contributed by atoms with Gasteiger partial charge in [-0.1, -0.05) is 36.4 Å². The van der Waals surface area contributed by atoms with Crippen molar-refractivity contribution < 1.29 is 28.7 Å². The Morgan fingerprint density at radius 3 is 2.46 bits per heavy atom. The van der Waals surface area contributed by atoms with Crippen molar-refractivity contribution in [2.24, 2.45) is 11.3 Å². The summed E-state index contributed by atoms with van der Waals surface area (Å²) in [4.78, 5) is 65.5. The zero-order valence-electron chi connectivity index (χ0n) is 31.7. The van der Waals surface area contributed by atoms with Gasteiger partial charge in [-0.2, -0.15) is 0 Å². The molecule has 1 aromatic heterocycles. The Balaban J connectivity index is 1.16. The molecular formula is C42H54N6O6. The first kappa shape index (κ1) is 38.9. The number of carbonyl (C=O) groups excluding carboxylic acids is 4. The standard InChI is InChI=1S/C42H54N6O6/c1-29-35-10-5-11-36(35)47-37(46-29)17-20-44-41(52)42(18-23-53-2)26-30-13-15-34(16-14-30)54-27-39(50)43-19-7-22-48(21-6-12-38(49)45-28-42)40(51)33-24-31-8-3-4-9-32(31)25-33/h3-4,8-9,13-16,33H,5-7,10-12,17-28H2,1-2H3,(H,43,50)(H,44,52)(H,45,49). The van der Waals surface area contributed by atoms with Crippen molar-refractivity contribution in [3.63, 3.8) is 0 Å². The minimum Gasteiger partial charge on any atom is -0.484 e. The summed E-state index contributed by atoms with van der Waals surface area (Å²) in [7, 11) is 1.60. The summed E-state index contributed by atoms with van der Waals surface area (Å²) >= 11 is 0. The van der Waals surface area contributed by atoms with E-state index in [-0.39, 0.29) is 49.1 Å². The number of hydrogen-bond acceptors (Lipinski definition) is 8. The molecule has 0 spiro atoms. The fraction of sp³-hybridized carbons (Fsp3) is 0.524. The van der Waals surface area contributed by atoms with Gasteiger partial charge in [0.15, 0.2) is 6.61 Å². The van der Waals surface area contributed by atoms with E-state index in [1.807, 2.05) is 36.1 Å². The second-order valence-corrected chi connectivity index (χ2v) is 14.9. The van der Waals surface area contributed by atoms with Crippen LogP contribution in [0.1, 0.15) is 71.6 Å². The maximum atomic E-state index is 14.3. The maximum Gasteiger partial charge on any atom is 0.257 e. The first-order chi connectivity index (χ1) is 26.2. The molecule has 4 amide bonds. The number of ether oxygens (including phenoxy) is 2. The lowest BCUT2D eigenvalue weighted by Crippen LogP contribution is -2.51. The van der Waals surface area contributed by atoms with Gasteiger partial charge in [0.05, 0.1) is 5.41 Å². The fourth-order valence-electron chi connectivity index (χ4n) is 7.98. The minimum absolute atomic E-state index is 0.0714. The van der Waals surface area contributed by atoms with Gasteiger partial charge in [-0.25, -0.2) is 9.97 Å². The van der Waals surface area contributed by atoms with E-state index in [1.54, 1.807) is 19.2 Å². The predicted molar refractivity (Wildman–Crippen MR) is 204 cm³/mol. The Bertz CT molecular complexity index is 1770. The fourth-order valence-corrected chi connectivity index (χ4v) is 7.98. The lowest BCUT2D eigenvalue weighted by Gasteiger charge is -2.33. The Labute approximate surface area is 318 Å². The molecule has 12 heteroatoms. The second kappa shape index (κ2) is 18.5. The molecule has 3 N–H and O–H groups in total. The molecule has 7 rings (SSSR count). The van der Waals surface area contributed by atoms with E-state index < -0.39 is 5.41 Å². The number of benzene rings is 2. The Morgan fingerprint density at radius 2 is 1.70 bits per heavy atom. The van der Waals surface area contributed by atoms with Crippen LogP contribution in [-0.4, -0.2) is 91.5 Å². The molecule has 12 nitrogen and oxygen atoms in total. The molecule has 2 aromatic carbocycles. The van der Waals surface area contributed by atoms with Crippen LogP contribution < -0.4 is 20.7 Å². The number of amides is 4. The third kappa shape index (κ3) is 10.0. The monoisotopic (exact) mass is 738 g/mol. The highest BCUT2D eigenvalue weighted by atomic mass is 16.5. The van der Waals surface area contributed by atoms with Crippen molar-refractivity contribution in [1.29, 1.82) is 0 Å². The zero-order valence-corrected chi connectivity index (χ0v) is 31.7. The maximum absolute atomic E-state index is 14.3. The first-order valence-electron chi connectivity index (χ1n) is 19.5. The smallest absolute Gasteiger partial charge is 0.257 e. The number of aryl methyl sites for hydroxylation is 2. The zero-order chi connectivity index (χ0) is 37.9. The summed E-state index contributed by atoms with van der Waals surface area (Å²) in [6, 6.07) is 15.5. The van der Waals surface area contributed by atoms with Gasteiger partial charge in [-0.05, 0) is 99.1 Å². The van der Waals surface area contributed by atoms with Crippen molar-refractivity contribution in [3.05, 3.63) is 88.0 Å². The highest BCUT2D eigenvalue weighted by molar-refractivity contribution is 5.85. The summed E-state index contributed by atoms with van der Waals surface area (Å²) in [5.74, 6) is 0.561. The van der Waals surface area contributed by atoms with Gasteiger partial charge >= 0.3 is 0 Å². The molecule has 1 atom stereocenters. The molecule has 288 valence electrons. The van der Waals surface area contributed by atoms with Crippen LogP contribution in [0.5, 0.6) is 5.75 Å². The van der Waals surface area contributed by atoms with E-state index in [1.165, 1.54) is 16.7 Å². The molecule has 2 bridgehead atoms. The summed E-state index contributed by atoms with van der Waals surface area (Å²) in [6.45, 7) is 3.95. The quantitative estimate of drug-likeness (QED) is 0.319. The van der Waals surface area contributed by atoms with Gasteiger partial charge in [-0.15, -0.1) is 0 Å². The van der Waals surface area contributed by atoms with Crippen LogP contribution in [0.25, 0.3) is 0 Å². The van der Waals surface area contributed by atoms with Gasteiger partial charge in [-0.3, -0.25) is 19.2 Å². The van der Waals surface area contributed by atoms with E-state index in [0.29, 0.717) is 83.5 Å². The summed E-state index contributed by atoms with van der Waals surface area (Å²) < 4.78 is 11.3. The lowest BCUT2D eigenvalue weighted by molar-refractivity contribution is -0.136. The topological polar surface area (TPSA) is 152 Å². The minimum atomic E-state index is -1.02. The third-order valence-electron chi connectivity index (χ3n) is 11.0. The molecular weight excluding hydrogens is 684 g/mol. The second-order valence-electron chi connectivity index (χ2n) is 14.9. The number of rotatable bonds is 8. The number of aromatic nitrogens is 2. The van der Waals surface area contributed by atoms with Crippen molar-refractivity contribution >= 4 is 23.6 Å². The van der Waals surface area contributed by atoms with Crippen molar-refractivity contribution in [1.82, 2.24) is 30.8 Å². The van der Waals surface area contributed by atoms with Crippen LogP contribution >= 0.6 is 0 Å². The van der Waals surface area contributed by atoms with Gasteiger partial charge in [0.1, 0.15) is 11.6 Å². The van der Waals surface area contributed by atoms with Crippen LogP contribution in [0.15, 0.2) is 48.5 Å². The molecule has 1 unspecified atom stereocenters. The largest absolute Gasteiger partial charge is 0.484 e. The molecule has 0 saturated heterocycles. The van der Waals surface area contributed by atoms with Crippen molar-refractivity contribution in [2.45, 2.75) is 77.6 Å². The molecule has 3 heterocycles. The van der Waals surface area contributed by atoms with Crippen LogP contribution in [0, 0.1) is 18.3 Å². The lowest BCUT2D eigenvalue weighted by atomic mass is 9.77. The molecule has 54 heavy (non-hydrogen) atoms. The number of nitrogens with zero attached hydrogens (tertiary/aromatic N) is 3. The van der Waals surface area contributed by atoms with E-state index in [2.05, 4.69) is 28.1 Å². The summed E-state index contributed by atoms with van der Waals surface area (Å²) in [5.41, 5.74) is 5.64. The average molecular weight is 739 g/mol. The third-order valence-corrected chi connectivity index (χ3v) is 11.0. The molecule has 0 fully saturated rings. The Morgan fingerprint density at radius 1 is 0.944 bits per heavy atom. The number of methoxy groups -OCH3 is 1. The number of hydrogen-bond donors (Lipinski definition) is 3. The number of fused-ring (bicyclic) bond motifs is 19. The van der Waals surface area contributed by atoms with Crippen LogP contribution in [0.3, 0.4) is 0 Å². The summed E-state index contributed by atoms with van der Waals surface area (Å²) in [5, 5.41) is 9.12. The highest BCUT2D eigenvalue weighted by Gasteiger charge is 2.39. The molecule has 0 saturated carbocycles. The van der Waals surface area contributed by atoms with Crippen LogP contribution in [0.2, 0.25) is 0 Å². The van der Waals surface area contributed by atoms with Crippen LogP contribution in [-0.2, 0) is 62.4 Å². The van der Waals surface area contributed by atoms with Gasteiger partial charge in [0.2, 0.25) is 17.7 Å². The summed E-state index contributed by atoms with van der Waals surface area (Å²) in [6.07, 6.45) is 6.91. The molecule has 4 aliphatic rings. The van der Waals surface area contributed by atoms with Crippen molar-refractivity contribution in [2.75, 3.05) is 53.0 Å².